The molecule has 25 heavy (non-hydrogen) atoms. The van der Waals surface area contributed by atoms with Crippen LogP contribution in [0, 0.1) is 0 Å². The SMILES string of the molecule is CCCCC(/C=C/CCCCCCC/C=C/CCCC(=O)OC)OP. The quantitative estimate of drug-likeness (QED) is 0.126. The van der Waals surface area contributed by atoms with Gasteiger partial charge in [-0.2, -0.15) is 0 Å². The second kappa shape index (κ2) is 19.7. The highest BCUT2D eigenvalue weighted by molar-refractivity contribution is 7.09. The number of ether oxygens (including phenoxy) is 1. The highest BCUT2D eigenvalue weighted by atomic mass is 31.0. The minimum absolute atomic E-state index is 0.110. The van der Waals surface area contributed by atoms with Gasteiger partial charge in [-0.05, 0) is 44.9 Å². The summed E-state index contributed by atoms with van der Waals surface area (Å²) in [6.07, 6.45) is 24.0. The summed E-state index contributed by atoms with van der Waals surface area (Å²) in [6.45, 7) is 2.21. The summed E-state index contributed by atoms with van der Waals surface area (Å²) in [6, 6.07) is 0. The predicted octanol–water partition coefficient (Wildman–Crippen LogP) is 6.54. The van der Waals surface area contributed by atoms with Gasteiger partial charge in [-0.1, -0.05) is 63.3 Å². The number of methoxy groups -OCH3 is 1. The van der Waals surface area contributed by atoms with Crippen molar-refractivity contribution in [3.8, 4) is 0 Å². The molecule has 0 rings (SSSR count). The first-order valence-corrected chi connectivity index (χ1v) is 10.5. The predicted molar refractivity (Wildman–Crippen MR) is 111 cm³/mol. The molecule has 0 saturated carbocycles. The number of carbonyl (C=O) groups is 1. The van der Waals surface area contributed by atoms with Crippen LogP contribution < -0.4 is 0 Å². The summed E-state index contributed by atoms with van der Waals surface area (Å²) < 4.78 is 9.99. The smallest absolute Gasteiger partial charge is 0.305 e. The van der Waals surface area contributed by atoms with Gasteiger partial charge in [0.15, 0.2) is 0 Å². The van der Waals surface area contributed by atoms with E-state index < -0.39 is 0 Å². The molecule has 0 saturated heterocycles. The van der Waals surface area contributed by atoms with E-state index in [1.807, 2.05) is 0 Å². The molecule has 0 N–H and O–H groups in total. The Morgan fingerprint density at radius 1 is 0.920 bits per heavy atom. The van der Waals surface area contributed by atoms with Gasteiger partial charge in [0.05, 0.1) is 13.2 Å². The molecule has 0 aromatic carbocycles. The summed E-state index contributed by atoms with van der Waals surface area (Å²) in [7, 11) is 3.83. The number of allylic oxidation sites excluding steroid dienone is 3. The molecule has 0 aromatic heterocycles. The fourth-order valence-electron chi connectivity index (χ4n) is 2.62. The van der Waals surface area contributed by atoms with E-state index in [4.69, 9.17) is 4.52 Å². The first-order chi connectivity index (χ1) is 12.2. The van der Waals surface area contributed by atoms with Crippen molar-refractivity contribution < 1.29 is 14.1 Å². The Bertz CT molecular complexity index is 353. The molecule has 0 bridgehead atoms. The van der Waals surface area contributed by atoms with Gasteiger partial charge in [-0.3, -0.25) is 4.79 Å². The molecule has 0 amide bonds. The second-order valence-electron chi connectivity index (χ2n) is 6.53. The summed E-state index contributed by atoms with van der Waals surface area (Å²) in [5, 5.41) is 0. The van der Waals surface area contributed by atoms with Crippen LogP contribution in [-0.2, 0) is 14.1 Å². The van der Waals surface area contributed by atoms with E-state index in [0.717, 1.165) is 32.1 Å². The van der Waals surface area contributed by atoms with Crippen molar-refractivity contribution in [3.63, 3.8) is 0 Å². The molecule has 0 fully saturated rings. The van der Waals surface area contributed by atoms with Crippen molar-refractivity contribution in [2.45, 2.75) is 96.5 Å². The Kier molecular flexibility index (Phi) is 19.1. The Morgan fingerprint density at radius 3 is 2.12 bits per heavy atom. The van der Waals surface area contributed by atoms with E-state index in [0.29, 0.717) is 6.42 Å². The minimum Gasteiger partial charge on any atom is -0.469 e. The van der Waals surface area contributed by atoms with Gasteiger partial charge < -0.3 is 9.26 Å². The number of esters is 1. The molecule has 0 spiro atoms. The van der Waals surface area contributed by atoms with E-state index in [9.17, 15) is 4.79 Å². The third kappa shape index (κ3) is 17.9. The lowest BCUT2D eigenvalue weighted by Crippen LogP contribution is -2.02. The molecular formula is C21H39O3P. The Hall–Kier alpha value is -0.660. The standard InChI is InChI=1S/C21H39O3P/c1-3-4-17-20(24-25)18-15-13-11-9-7-5-6-8-10-12-14-16-19-21(22)23-2/h10,12,15,18,20H,3-9,11,13-14,16-17,19,25H2,1-2H3/b12-10+,18-15+. The Morgan fingerprint density at radius 2 is 1.52 bits per heavy atom. The summed E-state index contributed by atoms with van der Waals surface area (Å²) >= 11 is 0. The van der Waals surface area contributed by atoms with E-state index >= 15 is 0 Å². The lowest BCUT2D eigenvalue weighted by Gasteiger charge is -2.09. The first kappa shape index (κ1) is 24.3. The van der Waals surface area contributed by atoms with Crippen LogP contribution >= 0.6 is 9.47 Å². The van der Waals surface area contributed by atoms with Gasteiger partial charge in [-0.25, -0.2) is 0 Å². The lowest BCUT2D eigenvalue weighted by atomic mass is 10.1. The van der Waals surface area contributed by atoms with Crippen molar-refractivity contribution in [2.75, 3.05) is 7.11 Å². The van der Waals surface area contributed by atoms with Crippen molar-refractivity contribution >= 4 is 15.4 Å². The molecular weight excluding hydrogens is 331 g/mol. The molecule has 0 heterocycles. The highest BCUT2D eigenvalue weighted by Gasteiger charge is 2.00. The van der Waals surface area contributed by atoms with Crippen LogP contribution in [-0.4, -0.2) is 19.2 Å². The molecule has 3 nitrogen and oxygen atoms in total. The first-order valence-electron chi connectivity index (χ1n) is 9.98. The fraction of sp³-hybridized carbons (Fsp3) is 0.762. The van der Waals surface area contributed by atoms with Crippen LogP contribution in [0.4, 0.5) is 0 Å². The number of hydrogen-bond acceptors (Lipinski definition) is 3. The second-order valence-corrected chi connectivity index (χ2v) is 6.80. The van der Waals surface area contributed by atoms with Crippen LogP contribution in [0.15, 0.2) is 24.3 Å². The number of hydrogen-bond donors (Lipinski definition) is 0. The summed E-state index contributed by atoms with van der Waals surface area (Å²) in [5.74, 6) is -0.110. The zero-order chi connectivity index (χ0) is 18.6. The van der Waals surface area contributed by atoms with Crippen molar-refractivity contribution in [2.24, 2.45) is 0 Å². The van der Waals surface area contributed by atoms with Crippen molar-refractivity contribution in [1.29, 1.82) is 0 Å². The number of carbonyl (C=O) groups excluding carboxylic acids is 1. The fourth-order valence-corrected chi connectivity index (χ4v) is 2.85. The van der Waals surface area contributed by atoms with E-state index in [1.54, 1.807) is 0 Å². The normalized spacial score (nSPS) is 12.9. The summed E-state index contributed by atoms with van der Waals surface area (Å²) in [4.78, 5) is 10.9. The van der Waals surface area contributed by atoms with Crippen molar-refractivity contribution in [1.82, 2.24) is 0 Å². The molecule has 4 heteroatoms. The molecule has 0 aliphatic carbocycles. The minimum atomic E-state index is -0.110. The molecule has 0 aliphatic rings. The van der Waals surface area contributed by atoms with Gasteiger partial charge in [0.1, 0.15) is 0 Å². The van der Waals surface area contributed by atoms with Crippen molar-refractivity contribution in [3.05, 3.63) is 24.3 Å². The molecule has 0 radical (unpaired) electrons. The van der Waals surface area contributed by atoms with Gasteiger partial charge in [0.25, 0.3) is 0 Å². The van der Waals surface area contributed by atoms with E-state index in [1.165, 1.54) is 52.1 Å². The molecule has 146 valence electrons. The van der Waals surface area contributed by atoms with Crippen LogP contribution in [0.25, 0.3) is 0 Å². The molecule has 0 aliphatic heterocycles. The zero-order valence-corrected chi connectivity index (χ0v) is 17.5. The van der Waals surface area contributed by atoms with Gasteiger partial charge in [0, 0.05) is 15.9 Å². The maximum atomic E-state index is 10.9. The average molecular weight is 371 g/mol. The van der Waals surface area contributed by atoms with E-state index in [2.05, 4.69) is 45.4 Å². The van der Waals surface area contributed by atoms with Gasteiger partial charge in [-0.15, -0.1) is 0 Å². The maximum absolute atomic E-state index is 10.9. The lowest BCUT2D eigenvalue weighted by molar-refractivity contribution is -0.140. The molecule has 2 atom stereocenters. The monoisotopic (exact) mass is 370 g/mol. The average Bonchev–Trinajstić information content (AvgIpc) is 2.64. The molecule has 0 aromatic rings. The number of unbranched alkanes of at least 4 members (excludes halogenated alkanes) is 8. The van der Waals surface area contributed by atoms with Gasteiger partial charge in [0.2, 0.25) is 0 Å². The third-order valence-electron chi connectivity index (χ3n) is 4.26. The highest BCUT2D eigenvalue weighted by Crippen LogP contribution is 2.12. The largest absolute Gasteiger partial charge is 0.469 e. The van der Waals surface area contributed by atoms with Crippen LogP contribution in [0.3, 0.4) is 0 Å². The van der Waals surface area contributed by atoms with Crippen LogP contribution in [0.5, 0.6) is 0 Å². The van der Waals surface area contributed by atoms with Crippen LogP contribution in [0.2, 0.25) is 0 Å². The summed E-state index contributed by atoms with van der Waals surface area (Å²) in [5.41, 5.74) is 0. The topological polar surface area (TPSA) is 35.5 Å². The third-order valence-corrected chi connectivity index (χ3v) is 4.60. The van der Waals surface area contributed by atoms with Gasteiger partial charge >= 0.3 is 5.97 Å². The Labute approximate surface area is 157 Å². The Balaban J connectivity index is 3.36. The van der Waals surface area contributed by atoms with Crippen LogP contribution in [0.1, 0.15) is 90.4 Å². The number of rotatable bonds is 17. The van der Waals surface area contributed by atoms with E-state index in [-0.39, 0.29) is 12.1 Å². The zero-order valence-electron chi connectivity index (χ0n) is 16.4. The maximum Gasteiger partial charge on any atom is 0.305 e. The molecule has 2 unspecified atom stereocenters.